The van der Waals surface area contributed by atoms with Gasteiger partial charge in [-0.05, 0) is 42.0 Å². The Bertz CT molecular complexity index is 677. The van der Waals surface area contributed by atoms with E-state index in [2.05, 4.69) is 21.2 Å². The Labute approximate surface area is 129 Å². The molecular weight excluding hydrogens is 342 g/mol. The minimum absolute atomic E-state index is 0.204. The van der Waals surface area contributed by atoms with Crippen molar-refractivity contribution in [1.82, 2.24) is 5.32 Å². The molecule has 0 heterocycles. The second kappa shape index (κ2) is 6.78. The summed E-state index contributed by atoms with van der Waals surface area (Å²) in [5.41, 5.74) is 6.47. The third-order valence-corrected chi connectivity index (χ3v) is 3.74. The summed E-state index contributed by atoms with van der Waals surface area (Å²) in [5.74, 6) is -1.37. The Kier molecular flexibility index (Phi) is 5.03. The van der Waals surface area contributed by atoms with Gasteiger partial charge < -0.3 is 11.1 Å². The second-order valence-corrected chi connectivity index (χ2v) is 5.36. The normalized spacial score (nSPS) is 10.6. The van der Waals surface area contributed by atoms with Gasteiger partial charge >= 0.3 is 0 Å². The predicted molar refractivity (Wildman–Crippen MR) is 79.6 cm³/mol. The lowest BCUT2D eigenvalue weighted by atomic mass is 10.1. The van der Waals surface area contributed by atoms with E-state index in [0.717, 1.165) is 10.0 Å². The van der Waals surface area contributed by atoms with Crippen molar-refractivity contribution in [2.24, 2.45) is 5.73 Å². The van der Waals surface area contributed by atoms with Crippen LogP contribution in [0.2, 0.25) is 0 Å². The first-order valence-corrected chi connectivity index (χ1v) is 6.99. The lowest BCUT2D eigenvalue weighted by molar-refractivity contribution is 0.1000. The van der Waals surface area contributed by atoms with E-state index in [1.807, 2.05) is 0 Å². The number of nitrogens with one attached hydrogen (secondary N) is 1. The van der Waals surface area contributed by atoms with Crippen molar-refractivity contribution >= 4 is 21.8 Å². The van der Waals surface area contributed by atoms with E-state index in [0.29, 0.717) is 12.1 Å². The molecule has 21 heavy (non-hydrogen) atoms. The Hall–Kier alpha value is -1.79. The summed E-state index contributed by atoms with van der Waals surface area (Å²) in [6.45, 7) is 0.564. The Morgan fingerprint density at radius 1 is 1.10 bits per heavy atom. The molecule has 0 aliphatic carbocycles. The number of hydrogen-bond acceptors (Lipinski definition) is 2. The molecule has 0 bridgehead atoms. The molecule has 0 atom stereocenters. The fourth-order valence-corrected chi connectivity index (χ4v) is 2.26. The SMILES string of the molecule is NC(=O)c1ccc(F)c(CNCc2cc(F)ccc2Br)c1. The summed E-state index contributed by atoms with van der Waals surface area (Å²) in [4.78, 5) is 11.1. The highest BCUT2D eigenvalue weighted by Gasteiger charge is 2.07. The van der Waals surface area contributed by atoms with Gasteiger partial charge in [-0.2, -0.15) is 0 Å². The van der Waals surface area contributed by atoms with Gasteiger partial charge in [0, 0.05) is 28.7 Å². The zero-order valence-corrected chi connectivity index (χ0v) is 12.6. The number of halogens is 3. The third kappa shape index (κ3) is 4.09. The van der Waals surface area contributed by atoms with Gasteiger partial charge in [0.05, 0.1) is 0 Å². The molecule has 110 valence electrons. The van der Waals surface area contributed by atoms with Crippen molar-refractivity contribution in [3.63, 3.8) is 0 Å². The first-order chi connectivity index (χ1) is 9.97. The van der Waals surface area contributed by atoms with Crippen LogP contribution in [0.5, 0.6) is 0 Å². The highest BCUT2D eigenvalue weighted by molar-refractivity contribution is 9.10. The molecule has 0 saturated carbocycles. The average Bonchev–Trinajstić information content (AvgIpc) is 2.44. The first-order valence-electron chi connectivity index (χ1n) is 6.20. The van der Waals surface area contributed by atoms with Crippen LogP contribution in [0.15, 0.2) is 40.9 Å². The number of amides is 1. The van der Waals surface area contributed by atoms with E-state index < -0.39 is 11.7 Å². The molecule has 2 aromatic rings. The number of carbonyl (C=O) groups excluding carboxylic acids is 1. The van der Waals surface area contributed by atoms with Crippen LogP contribution < -0.4 is 11.1 Å². The van der Waals surface area contributed by atoms with Gasteiger partial charge in [-0.15, -0.1) is 0 Å². The molecule has 1 amide bonds. The smallest absolute Gasteiger partial charge is 0.248 e. The van der Waals surface area contributed by atoms with Crippen LogP contribution in [-0.2, 0) is 13.1 Å². The quantitative estimate of drug-likeness (QED) is 0.866. The largest absolute Gasteiger partial charge is 0.366 e. The zero-order valence-electron chi connectivity index (χ0n) is 11.0. The topological polar surface area (TPSA) is 55.1 Å². The predicted octanol–water partition coefficient (Wildman–Crippen LogP) is 3.12. The molecule has 2 aromatic carbocycles. The van der Waals surface area contributed by atoms with E-state index in [-0.39, 0.29) is 17.9 Å². The molecule has 0 fully saturated rings. The number of primary amides is 1. The van der Waals surface area contributed by atoms with Gasteiger partial charge in [-0.25, -0.2) is 8.78 Å². The Balaban J connectivity index is 2.05. The fourth-order valence-electron chi connectivity index (χ4n) is 1.87. The van der Waals surface area contributed by atoms with Crippen LogP contribution in [0.3, 0.4) is 0 Å². The van der Waals surface area contributed by atoms with Gasteiger partial charge in [-0.3, -0.25) is 4.79 Å². The number of rotatable bonds is 5. The summed E-state index contributed by atoms with van der Waals surface area (Å²) in [6.07, 6.45) is 0. The molecule has 3 N–H and O–H groups in total. The molecule has 0 unspecified atom stereocenters. The van der Waals surface area contributed by atoms with Gasteiger partial charge in [0.2, 0.25) is 5.91 Å². The van der Waals surface area contributed by atoms with Crippen molar-refractivity contribution < 1.29 is 13.6 Å². The maximum atomic E-state index is 13.6. The van der Waals surface area contributed by atoms with Gasteiger partial charge in [-0.1, -0.05) is 15.9 Å². The summed E-state index contributed by atoms with van der Waals surface area (Å²) in [7, 11) is 0. The highest BCUT2D eigenvalue weighted by atomic mass is 79.9. The second-order valence-electron chi connectivity index (χ2n) is 4.51. The number of hydrogen-bond donors (Lipinski definition) is 2. The minimum atomic E-state index is -0.607. The maximum Gasteiger partial charge on any atom is 0.248 e. The lowest BCUT2D eigenvalue weighted by Crippen LogP contribution is -2.16. The molecule has 0 aliphatic heterocycles. The summed E-state index contributed by atoms with van der Waals surface area (Å²) < 4.78 is 27.6. The zero-order chi connectivity index (χ0) is 15.4. The van der Waals surface area contributed by atoms with Crippen LogP contribution in [0.4, 0.5) is 8.78 Å². The minimum Gasteiger partial charge on any atom is -0.366 e. The van der Waals surface area contributed by atoms with Crippen molar-refractivity contribution in [3.8, 4) is 0 Å². The lowest BCUT2D eigenvalue weighted by Gasteiger charge is -2.09. The molecule has 0 spiro atoms. The molecule has 0 radical (unpaired) electrons. The first kappa shape index (κ1) is 15.6. The molecule has 2 rings (SSSR count). The molecule has 0 saturated heterocycles. The number of nitrogens with two attached hydrogens (primary N) is 1. The fraction of sp³-hybridized carbons (Fsp3) is 0.133. The summed E-state index contributed by atoms with van der Waals surface area (Å²) in [5, 5.41) is 3.00. The monoisotopic (exact) mass is 354 g/mol. The van der Waals surface area contributed by atoms with Crippen LogP contribution in [0.1, 0.15) is 21.5 Å². The highest BCUT2D eigenvalue weighted by Crippen LogP contribution is 2.18. The summed E-state index contributed by atoms with van der Waals surface area (Å²) >= 11 is 3.32. The van der Waals surface area contributed by atoms with E-state index in [9.17, 15) is 13.6 Å². The number of carbonyl (C=O) groups is 1. The van der Waals surface area contributed by atoms with E-state index in [1.54, 1.807) is 6.07 Å². The van der Waals surface area contributed by atoms with Crippen molar-refractivity contribution in [1.29, 1.82) is 0 Å². The van der Waals surface area contributed by atoms with Gasteiger partial charge in [0.1, 0.15) is 11.6 Å². The molecule has 3 nitrogen and oxygen atoms in total. The van der Waals surface area contributed by atoms with Gasteiger partial charge in [0.15, 0.2) is 0 Å². The average molecular weight is 355 g/mol. The van der Waals surface area contributed by atoms with Crippen molar-refractivity contribution in [2.45, 2.75) is 13.1 Å². The van der Waals surface area contributed by atoms with Crippen LogP contribution in [-0.4, -0.2) is 5.91 Å². The van der Waals surface area contributed by atoms with Crippen LogP contribution in [0, 0.1) is 11.6 Å². The standard InChI is InChI=1S/C15H13BrF2N2O/c16-13-3-2-12(17)6-10(13)7-20-8-11-5-9(15(19)21)1-4-14(11)18/h1-6,20H,7-8H2,(H2,19,21). The Morgan fingerprint density at radius 2 is 1.81 bits per heavy atom. The van der Waals surface area contributed by atoms with E-state index in [1.165, 1.54) is 30.3 Å². The summed E-state index contributed by atoms with van der Waals surface area (Å²) in [6, 6.07) is 8.31. The van der Waals surface area contributed by atoms with Gasteiger partial charge in [0.25, 0.3) is 0 Å². The van der Waals surface area contributed by atoms with E-state index in [4.69, 9.17) is 5.73 Å². The molecule has 0 aromatic heterocycles. The molecule has 6 heteroatoms. The third-order valence-electron chi connectivity index (χ3n) is 2.97. The van der Waals surface area contributed by atoms with Crippen LogP contribution >= 0.6 is 15.9 Å². The van der Waals surface area contributed by atoms with E-state index >= 15 is 0 Å². The molecular formula is C15H13BrF2N2O. The maximum absolute atomic E-state index is 13.6. The van der Waals surface area contributed by atoms with Crippen molar-refractivity contribution in [3.05, 3.63) is 69.2 Å². The Morgan fingerprint density at radius 3 is 2.52 bits per heavy atom. The molecule has 0 aliphatic rings. The van der Waals surface area contributed by atoms with Crippen molar-refractivity contribution in [2.75, 3.05) is 0 Å². The number of benzene rings is 2. The van der Waals surface area contributed by atoms with Crippen LogP contribution in [0.25, 0.3) is 0 Å².